The van der Waals surface area contributed by atoms with Crippen LogP contribution >= 0.6 is 0 Å². The summed E-state index contributed by atoms with van der Waals surface area (Å²) in [5.74, 6) is 0. The SMILES string of the molecule is C=C(CCC1CO1)C1(C(C)(C)C(C)(C)CCC(C)(C)C)CC1(C)C. The highest BCUT2D eigenvalue weighted by molar-refractivity contribution is 5.33. The molecule has 1 saturated carbocycles. The second-order valence-electron chi connectivity index (χ2n) is 11.6. The van der Waals surface area contributed by atoms with Crippen LogP contribution in [0.4, 0.5) is 0 Å². The molecule has 2 unspecified atom stereocenters. The molecule has 2 fully saturated rings. The lowest BCUT2D eigenvalue weighted by Gasteiger charge is -2.51. The molecule has 0 N–H and O–H groups in total. The smallest absolute Gasteiger partial charge is 0.0813 e. The van der Waals surface area contributed by atoms with Gasteiger partial charge in [0.15, 0.2) is 0 Å². The molecule has 1 aliphatic carbocycles. The van der Waals surface area contributed by atoms with Crippen molar-refractivity contribution in [3.05, 3.63) is 12.2 Å². The first kappa shape index (κ1) is 20.0. The van der Waals surface area contributed by atoms with E-state index in [1.807, 2.05) is 0 Å². The van der Waals surface area contributed by atoms with Gasteiger partial charge in [0.05, 0.1) is 12.7 Å². The van der Waals surface area contributed by atoms with Gasteiger partial charge in [0, 0.05) is 5.41 Å². The Kier molecular flexibility index (Phi) is 4.89. The molecule has 2 rings (SSSR count). The molecule has 1 saturated heterocycles. The van der Waals surface area contributed by atoms with Crippen molar-refractivity contribution >= 4 is 0 Å². The van der Waals surface area contributed by atoms with E-state index in [1.54, 1.807) is 0 Å². The molecule has 1 heteroatoms. The third kappa shape index (κ3) is 3.48. The van der Waals surface area contributed by atoms with E-state index in [4.69, 9.17) is 4.74 Å². The first-order valence-corrected chi connectivity index (χ1v) is 9.96. The molecule has 0 aromatic carbocycles. The lowest BCUT2D eigenvalue weighted by molar-refractivity contribution is 0.00593. The Hall–Kier alpha value is -0.300. The van der Waals surface area contributed by atoms with Crippen molar-refractivity contribution < 1.29 is 4.74 Å². The molecule has 140 valence electrons. The third-order valence-corrected chi connectivity index (χ3v) is 7.77. The topological polar surface area (TPSA) is 12.5 Å². The minimum atomic E-state index is 0.246. The number of epoxide rings is 1. The Morgan fingerprint density at radius 3 is 1.92 bits per heavy atom. The Bertz CT molecular complexity index is 485. The number of rotatable bonds is 8. The molecule has 1 nitrogen and oxygen atoms in total. The summed E-state index contributed by atoms with van der Waals surface area (Å²) in [6.07, 6.45) is 6.65. The second-order valence-corrected chi connectivity index (χ2v) is 11.6. The van der Waals surface area contributed by atoms with Gasteiger partial charge in [0.2, 0.25) is 0 Å². The standard InChI is InChI=1S/C23H42O/c1-17(11-12-18-15-24-18)23(16-21(23,7)8)22(9,10)20(5,6)14-13-19(2,3)4/h18H,1,11-16H2,2-10H3. The number of hydrogen-bond donors (Lipinski definition) is 0. The quantitative estimate of drug-likeness (QED) is 0.343. The number of allylic oxidation sites excluding steroid dienone is 1. The van der Waals surface area contributed by atoms with Crippen LogP contribution < -0.4 is 0 Å². The highest BCUT2D eigenvalue weighted by Crippen LogP contribution is 2.79. The summed E-state index contributed by atoms with van der Waals surface area (Å²) >= 11 is 0. The number of hydrogen-bond acceptors (Lipinski definition) is 1. The fourth-order valence-electron chi connectivity index (χ4n) is 5.09. The molecule has 2 aliphatic rings. The fraction of sp³-hybridized carbons (Fsp3) is 0.913. The molecule has 2 atom stereocenters. The lowest BCUT2D eigenvalue weighted by atomic mass is 9.53. The zero-order valence-corrected chi connectivity index (χ0v) is 17.9. The van der Waals surface area contributed by atoms with Crippen LogP contribution in [-0.2, 0) is 4.74 Å². The van der Waals surface area contributed by atoms with Gasteiger partial charge in [0.25, 0.3) is 0 Å². The summed E-state index contributed by atoms with van der Waals surface area (Å²) < 4.78 is 5.43. The van der Waals surface area contributed by atoms with Crippen molar-refractivity contribution in [2.75, 3.05) is 6.61 Å². The van der Waals surface area contributed by atoms with E-state index < -0.39 is 0 Å². The molecule has 1 heterocycles. The van der Waals surface area contributed by atoms with E-state index in [-0.39, 0.29) is 10.8 Å². The molecule has 0 amide bonds. The summed E-state index contributed by atoms with van der Waals surface area (Å²) in [4.78, 5) is 0. The van der Waals surface area contributed by atoms with Crippen LogP contribution in [0.2, 0.25) is 0 Å². The Morgan fingerprint density at radius 2 is 1.54 bits per heavy atom. The fourth-order valence-corrected chi connectivity index (χ4v) is 5.09. The van der Waals surface area contributed by atoms with Gasteiger partial charge in [-0.2, -0.15) is 0 Å². The Morgan fingerprint density at radius 1 is 1.04 bits per heavy atom. The van der Waals surface area contributed by atoms with Crippen LogP contribution in [0.5, 0.6) is 0 Å². The van der Waals surface area contributed by atoms with Crippen molar-refractivity contribution in [3.8, 4) is 0 Å². The van der Waals surface area contributed by atoms with Crippen molar-refractivity contribution in [2.24, 2.45) is 27.1 Å². The van der Waals surface area contributed by atoms with Gasteiger partial charge in [-0.15, -0.1) is 0 Å². The van der Waals surface area contributed by atoms with Crippen LogP contribution in [0.25, 0.3) is 0 Å². The van der Waals surface area contributed by atoms with Crippen molar-refractivity contribution in [3.63, 3.8) is 0 Å². The largest absolute Gasteiger partial charge is 0.373 e. The second kappa shape index (κ2) is 5.86. The maximum atomic E-state index is 5.43. The van der Waals surface area contributed by atoms with Gasteiger partial charge in [-0.1, -0.05) is 74.5 Å². The van der Waals surface area contributed by atoms with Crippen LogP contribution in [-0.4, -0.2) is 12.7 Å². The monoisotopic (exact) mass is 334 g/mol. The summed E-state index contributed by atoms with van der Waals surface area (Å²) in [6.45, 7) is 27.6. The predicted molar refractivity (Wildman–Crippen MR) is 105 cm³/mol. The Balaban J connectivity index is 2.19. The first-order valence-electron chi connectivity index (χ1n) is 9.96. The van der Waals surface area contributed by atoms with E-state index in [1.165, 1.54) is 24.8 Å². The van der Waals surface area contributed by atoms with Crippen molar-refractivity contribution in [1.82, 2.24) is 0 Å². The maximum Gasteiger partial charge on any atom is 0.0813 e. The van der Waals surface area contributed by atoms with Crippen molar-refractivity contribution in [1.29, 1.82) is 0 Å². The summed E-state index contributed by atoms with van der Waals surface area (Å²) in [6, 6.07) is 0. The van der Waals surface area contributed by atoms with E-state index >= 15 is 0 Å². The molecule has 0 aromatic rings. The molecular formula is C23H42O. The zero-order chi connectivity index (χ0) is 18.6. The summed E-state index contributed by atoms with van der Waals surface area (Å²) in [7, 11) is 0. The van der Waals surface area contributed by atoms with Crippen LogP contribution in [0.15, 0.2) is 12.2 Å². The molecule has 1 aliphatic heterocycles. The van der Waals surface area contributed by atoms with Crippen LogP contribution in [0.1, 0.15) is 94.4 Å². The summed E-state index contributed by atoms with van der Waals surface area (Å²) in [5, 5.41) is 0. The average Bonchev–Trinajstić information content (AvgIpc) is 3.29. The van der Waals surface area contributed by atoms with Gasteiger partial charge in [0.1, 0.15) is 0 Å². The first-order chi connectivity index (χ1) is 10.7. The average molecular weight is 335 g/mol. The van der Waals surface area contributed by atoms with E-state index in [0.29, 0.717) is 22.3 Å². The summed E-state index contributed by atoms with van der Waals surface area (Å²) in [5.41, 5.74) is 3.08. The van der Waals surface area contributed by atoms with Gasteiger partial charge >= 0.3 is 0 Å². The molecule has 0 bridgehead atoms. The highest BCUT2D eigenvalue weighted by atomic mass is 16.6. The van der Waals surface area contributed by atoms with Crippen LogP contribution in [0.3, 0.4) is 0 Å². The molecule has 24 heavy (non-hydrogen) atoms. The van der Waals surface area contributed by atoms with E-state index in [2.05, 4.69) is 68.9 Å². The van der Waals surface area contributed by atoms with Crippen molar-refractivity contribution in [2.45, 2.75) is 101 Å². The molecular weight excluding hydrogens is 292 g/mol. The Labute approximate surface area is 151 Å². The molecule has 0 aromatic heterocycles. The minimum Gasteiger partial charge on any atom is -0.373 e. The lowest BCUT2D eigenvalue weighted by Crippen LogP contribution is -2.44. The number of ether oxygens (including phenoxy) is 1. The zero-order valence-electron chi connectivity index (χ0n) is 17.9. The highest BCUT2D eigenvalue weighted by Gasteiger charge is 2.71. The normalized spacial score (nSPS) is 29.5. The van der Waals surface area contributed by atoms with E-state index in [0.717, 1.165) is 19.4 Å². The van der Waals surface area contributed by atoms with Gasteiger partial charge in [-0.3, -0.25) is 0 Å². The third-order valence-electron chi connectivity index (χ3n) is 7.77. The van der Waals surface area contributed by atoms with Gasteiger partial charge in [-0.25, -0.2) is 0 Å². The van der Waals surface area contributed by atoms with Crippen LogP contribution in [0, 0.1) is 27.1 Å². The van der Waals surface area contributed by atoms with Gasteiger partial charge in [-0.05, 0) is 53.8 Å². The minimum absolute atomic E-state index is 0.246. The van der Waals surface area contributed by atoms with E-state index in [9.17, 15) is 0 Å². The maximum absolute atomic E-state index is 5.43. The molecule has 0 spiro atoms. The molecule has 0 radical (unpaired) electrons. The predicted octanol–water partition coefficient (Wildman–Crippen LogP) is 7.02. The van der Waals surface area contributed by atoms with Gasteiger partial charge < -0.3 is 4.74 Å².